The molecule has 1 aromatic heterocycles. The molecule has 0 aliphatic rings. The van der Waals surface area contributed by atoms with Crippen LogP contribution in [-0.2, 0) is 13.1 Å². The Balaban J connectivity index is 1.97. The molecule has 0 unspecified atom stereocenters. The minimum atomic E-state index is -0.403. The fourth-order valence-electron chi connectivity index (χ4n) is 1.69. The zero-order valence-corrected chi connectivity index (χ0v) is 12.4. The number of benzene rings is 1. The Hall–Kier alpha value is -1.86. The molecule has 0 saturated carbocycles. The van der Waals surface area contributed by atoms with Gasteiger partial charge in [-0.05, 0) is 18.6 Å². The molecule has 0 fully saturated rings. The second kappa shape index (κ2) is 6.53. The van der Waals surface area contributed by atoms with E-state index in [9.17, 15) is 10.1 Å². The summed E-state index contributed by atoms with van der Waals surface area (Å²) in [6.45, 7) is 2.97. The van der Waals surface area contributed by atoms with Gasteiger partial charge in [-0.15, -0.1) is 0 Å². The summed E-state index contributed by atoms with van der Waals surface area (Å²) >= 11 is 3.27. The average molecular weight is 337 g/mol. The number of halogens is 1. The van der Waals surface area contributed by atoms with E-state index >= 15 is 0 Å². The standard InChI is InChI=1S/C13H13BrN4O2/c1-9-5-17-12(8-16-9)7-15-6-10-2-11(14)4-13(3-10)18(19)20/h2-5,8,15H,6-7H2,1H3. The van der Waals surface area contributed by atoms with Gasteiger partial charge in [0.05, 0.1) is 16.3 Å². The predicted molar refractivity (Wildman–Crippen MR) is 78.1 cm³/mol. The SMILES string of the molecule is Cc1cnc(CNCc2cc(Br)cc([N+](=O)[O-])c2)cn1. The highest BCUT2D eigenvalue weighted by molar-refractivity contribution is 9.10. The van der Waals surface area contributed by atoms with E-state index in [1.165, 1.54) is 6.07 Å². The molecule has 0 aliphatic carbocycles. The van der Waals surface area contributed by atoms with E-state index in [1.807, 2.05) is 13.0 Å². The van der Waals surface area contributed by atoms with Gasteiger partial charge in [-0.3, -0.25) is 20.1 Å². The number of hydrogen-bond donors (Lipinski definition) is 1. The number of rotatable bonds is 5. The highest BCUT2D eigenvalue weighted by Gasteiger charge is 2.08. The Morgan fingerprint density at radius 2 is 2.05 bits per heavy atom. The molecule has 1 heterocycles. The van der Waals surface area contributed by atoms with Crippen molar-refractivity contribution >= 4 is 21.6 Å². The van der Waals surface area contributed by atoms with E-state index in [1.54, 1.807) is 18.5 Å². The van der Waals surface area contributed by atoms with Gasteiger partial charge < -0.3 is 5.32 Å². The van der Waals surface area contributed by atoms with Crippen LogP contribution in [-0.4, -0.2) is 14.9 Å². The van der Waals surface area contributed by atoms with Gasteiger partial charge in [-0.2, -0.15) is 0 Å². The topological polar surface area (TPSA) is 81.0 Å². The fourth-order valence-corrected chi connectivity index (χ4v) is 2.21. The number of aromatic nitrogens is 2. The lowest BCUT2D eigenvalue weighted by molar-refractivity contribution is -0.385. The Morgan fingerprint density at radius 1 is 1.25 bits per heavy atom. The van der Waals surface area contributed by atoms with Crippen LogP contribution >= 0.6 is 15.9 Å². The van der Waals surface area contributed by atoms with Gasteiger partial charge in [-0.25, -0.2) is 0 Å². The molecule has 2 rings (SSSR count). The number of hydrogen-bond acceptors (Lipinski definition) is 5. The number of nitrogens with one attached hydrogen (secondary N) is 1. The van der Waals surface area contributed by atoms with Crippen LogP contribution in [0.3, 0.4) is 0 Å². The smallest absolute Gasteiger partial charge is 0.270 e. The first kappa shape index (κ1) is 14.5. The van der Waals surface area contributed by atoms with Crippen LogP contribution < -0.4 is 5.32 Å². The number of nitrogens with zero attached hydrogens (tertiary/aromatic N) is 3. The molecule has 7 heteroatoms. The summed E-state index contributed by atoms with van der Waals surface area (Å²) < 4.78 is 0.693. The van der Waals surface area contributed by atoms with Gasteiger partial charge in [0.2, 0.25) is 0 Å². The maximum atomic E-state index is 10.8. The van der Waals surface area contributed by atoms with Crippen molar-refractivity contribution in [2.45, 2.75) is 20.0 Å². The maximum absolute atomic E-state index is 10.8. The maximum Gasteiger partial charge on any atom is 0.270 e. The lowest BCUT2D eigenvalue weighted by atomic mass is 10.2. The molecule has 0 aliphatic heterocycles. The highest BCUT2D eigenvalue weighted by atomic mass is 79.9. The van der Waals surface area contributed by atoms with E-state index in [0.29, 0.717) is 17.6 Å². The van der Waals surface area contributed by atoms with Gasteiger partial charge in [0, 0.05) is 42.1 Å². The summed E-state index contributed by atoms with van der Waals surface area (Å²) in [6, 6.07) is 4.88. The summed E-state index contributed by atoms with van der Waals surface area (Å²) in [5.74, 6) is 0. The van der Waals surface area contributed by atoms with Crippen molar-refractivity contribution in [2.24, 2.45) is 0 Å². The summed E-state index contributed by atoms with van der Waals surface area (Å²) in [5.41, 5.74) is 2.62. The number of nitro benzene ring substituents is 1. The van der Waals surface area contributed by atoms with E-state index in [-0.39, 0.29) is 5.69 Å². The molecule has 0 amide bonds. The van der Waals surface area contributed by atoms with Crippen molar-refractivity contribution < 1.29 is 4.92 Å². The normalized spacial score (nSPS) is 10.5. The Morgan fingerprint density at radius 3 is 2.70 bits per heavy atom. The van der Waals surface area contributed by atoms with Crippen molar-refractivity contribution in [3.63, 3.8) is 0 Å². The molecule has 0 saturated heterocycles. The van der Waals surface area contributed by atoms with E-state index in [4.69, 9.17) is 0 Å². The minimum absolute atomic E-state index is 0.0753. The molecular weight excluding hydrogens is 324 g/mol. The molecule has 2 aromatic rings. The fraction of sp³-hybridized carbons (Fsp3) is 0.231. The largest absolute Gasteiger partial charge is 0.307 e. The average Bonchev–Trinajstić information content (AvgIpc) is 2.40. The highest BCUT2D eigenvalue weighted by Crippen LogP contribution is 2.21. The van der Waals surface area contributed by atoms with Gasteiger partial charge in [0.1, 0.15) is 0 Å². The third kappa shape index (κ3) is 4.07. The van der Waals surface area contributed by atoms with Crippen molar-refractivity contribution in [2.75, 3.05) is 0 Å². The molecule has 104 valence electrons. The second-order valence-corrected chi connectivity index (χ2v) is 5.24. The monoisotopic (exact) mass is 336 g/mol. The van der Waals surface area contributed by atoms with Crippen molar-refractivity contribution in [1.82, 2.24) is 15.3 Å². The first-order chi connectivity index (χ1) is 9.54. The summed E-state index contributed by atoms with van der Waals surface area (Å²) in [4.78, 5) is 18.8. The molecule has 0 bridgehead atoms. The van der Waals surface area contributed by atoms with Gasteiger partial charge in [0.15, 0.2) is 0 Å². The Kier molecular flexibility index (Phi) is 4.75. The second-order valence-electron chi connectivity index (χ2n) is 4.33. The molecule has 0 atom stereocenters. The van der Waals surface area contributed by atoms with Gasteiger partial charge in [-0.1, -0.05) is 15.9 Å². The zero-order chi connectivity index (χ0) is 14.5. The van der Waals surface area contributed by atoms with Crippen LogP contribution in [0.5, 0.6) is 0 Å². The van der Waals surface area contributed by atoms with Crippen LogP contribution in [0.25, 0.3) is 0 Å². The lowest BCUT2D eigenvalue weighted by Crippen LogP contribution is -2.14. The third-order valence-electron chi connectivity index (χ3n) is 2.62. The molecule has 6 nitrogen and oxygen atoms in total. The third-order valence-corrected chi connectivity index (χ3v) is 3.08. The first-order valence-electron chi connectivity index (χ1n) is 5.96. The molecule has 0 spiro atoms. The summed E-state index contributed by atoms with van der Waals surface area (Å²) in [6.07, 6.45) is 3.42. The quantitative estimate of drug-likeness (QED) is 0.670. The molecule has 0 radical (unpaired) electrons. The van der Waals surface area contributed by atoms with Crippen LogP contribution in [0.2, 0.25) is 0 Å². The number of non-ortho nitro benzene ring substituents is 1. The van der Waals surface area contributed by atoms with E-state index in [2.05, 4.69) is 31.2 Å². The van der Waals surface area contributed by atoms with Crippen molar-refractivity contribution in [3.8, 4) is 0 Å². The van der Waals surface area contributed by atoms with Crippen LogP contribution in [0.15, 0.2) is 35.1 Å². The van der Waals surface area contributed by atoms with Crippen LogP contribution in [0.1, 0.15) is 17.0 Å². The summed E-state index contributed by atoms with van der Waals surface area (Å²) in [7, 11) is 0. The van der Waals surface area contributed by atoms with Gasteiger partial charge in [0.25, 0.3) is 5.69 Å². The minimum Gasteiger partial charge on any atom is -0.307 e. The van der Waals surface area contributed by atoms with Crippen molar-refractivity contribution in [1.29, 1.82) is 0 Å². The Labute approximate surface area is 124 Å². The van der Waals surface area contributed by atoms with Crippen molar-refractivity contribution in [3.05, 3.63) is 62.1 Å². The number of aryl methyl sites for hydroxylation is 1. The molecule has 1 N–H and O–H groups in total. The zero-order valence-electron chi connectivity index (χ0n) is 10.8. The van der Waals surface area contributed by atoms with Crippen LogP contribution in [0.4, 0.5) is 5.69 Å². The molecular formula is C13H13BrN4O2. The van der Waals surface area contributed by atoms with Gasteiger partial charge >= 0.3 is 0 Å². The summed E-state index contributed by atoms with van der Waals surface area (Å²) in [5, 5.41) is 14.0. The molecule has 1 aromatic carbocycles. The number of nitro groups is 1. The first-order valence-corrected chi connectivity index (χ1v) is 6.76. The predicted octanol–water partition coefficient (Wildman–Crippen LogP) is 2.75. The van der Waals surface area contributed by atoms with E-state index in [0.717, 1.165) is 17.0 Å². The van der Waals surface area contributed by atoms with Crippen LogP contribution in [0, 0.1) is 17.0 Å². The van der Waals surface area contributed by atoms with E-state index < -0.39 is 4.92 Å². The molecule has 20 heavy (non-hydrogen) atoms. The lowest BCUT2D eigenvalue weighted by Gasteiger charge is -2.05. The Bertz CT molecular complexity index is 616.